The fraction of sp³-hybridized carbons (Fsp3) is 0.286. The summed E-state index contributed by atoms with van der Waals surface area (Å²) in [6.07, 6.45) is 7.44. The highest BCUT2D eigenvalue weighted by Gasteiger charge is 2.16. The summed E-state index contributed by atoms with van der Waals surface area (Å²) in [7, 11) is 0. The highest BCUT2D eigenvalue weighted by Crippen LogP contribution is 2.33. The lowest BCUT2D eigenvalue weighted by Crippen LogP contribution is -2.26. The number of aliphatic hydroxyl groups excluding tert-OH is 1. The normalized spacial score (nSPS) is 14.1. The second-order valence-electron chi connectivity index (χ2n) is 8.34. The van der Waals surface area contributed by atoms with Crippen LogP contribution in [0.2, 0.25) is 5.02 Å². The number of benzene rings is 3. The molecule has 0 spiro atoms. The minimum absolute atomic E-state index is 0.0979. The summed E-state index contributed by atoms with van der Waals surface area (Å²) in [6, 6.07) is 21.5. The Labute approximate surface area is 200 Å². The zero-order valence-corrected chi connectivity index (χ0v) is 19.4. The van der Waals surface area contributed by atoms with Crippen molar-refractivity contribution in [3.8, 4) is 16.9 Å². The van der Waals surface area contributed by atoms with Crippen LogP contribution in [0.15, 0.2) is 66.7 Å². The molecule has 0 bridgehead atoms. The summed E-state index contributed by atoms with van der Waals surface area (Å²) in [5.74, 6) is 1.15. The van der Waals surface area contributed by atoms with Crippen LogP contribution in [0.5, 0.6) is 5.75 Å². The van der Waals surface area contributed by atoms with Crippen LogP contribution >= 0.6 is 11.6 Å². The lowest BCUT2D eigenvalue weighted by Gasteiger charge is -2.21. The van der Waals surface area contributed by atoms with Gasteiger partial charge in [0.2, 0.25) is 0 Å². The van der Waals surface area contributed by atoms with Crippen LogP contribution in [0, 0.1) is 6.42 Å². The van der Waals surface area contributed by atoms with E-state index >= 15 is 0 Å². The van der Waals surface area contributed by atoms with Gasteiger partial charge in [-0.25, -0.2) is 0 Å². The first-order valence-corrected chi connectivity index (χ1v) is 11.9. The van der Waals surface area contributed by atoms with Crippen molar-refractivity contribution < 1.29 is 14.6 Å². The molecular weight excluding hydrogens is 434 g/mol. The van der Waals surface area contributed by atoms with Crippen LogP contribution in [0.3, 0.4) is 0 Å². The number of aliphatic hydroxyl groups is 1. The van der Waals surface area contributed by atoms with Gasteiger partial charge in [0.05, 0.1) is 6.61 Å². The predicted molar refractivity (Wildman–Crippen MR) is 133 cm³/mol. The fourth-order valence-electron chi connectivity index (χ4n) is 4.23. The van der Waals surface area contributed by atoms with E-state index in [-0.39, 0.29) is 19.1 Å². The molecule has 3 aromatic rings. The van der Waals surface area contributed by atoms with E-state index in [0.29, 0.717) is 23.1 Å². The van der Waals surface area contributed by atoms with E-state index in [9.17, 15) is 4.79 Å². The number of carbonyl (C=O) groups excluding carboxylic acids is 1. The Morgan fingerprint density at radius 3 is 2.52 bits per heavy atom. The number of halogens is 1. The van der Waals surface area contributed by atoms with Gasteiger partial charge in [0.15, 0.2) is 0 Å². The van der Waals surface area contributed by atoms with Crippen molar-refractivity contribution in [2.75, 3.05) is 13.2 Å². The number of ether oxygens (including phenoxy) is 1. The third kappa shape index (κ3) is 6.16. The molecule has 171 valence electrons. The van der Waals surface area contributed by atoms with Gasteiger partial charge in [0.25, 0.3) is 5.91 Å². The van der Waals surface area contributed by atoms with Gasteiger partial charge in [-0.15, -0.1) is 0 Å². The first-order chi connectivity index (χ1) is 16.1. The molecule has 0 heterocycles. The summed E-state index contributed by atoms with van der Waals surface area (Å²) < 4.78 is 6.12. The van der Waals surface area contributed by atoms with Crippen LogP contribution < -0.4 is 10.1 Å². The summed E-state index contributed by atoms with van der Waals surface area (Å²) >= 11 is 6.07. The van der Waals surface area contributed by atoms with E-state index in [1.54, 1.807) is 6.07 Å². The van der Waals surface area contributed by atoms with Gasteiger partial charge in [-0.2, -0.15) is 0 Å². The molecule has 1 aliphatic carbocycles. The maximum Gasteiger partial charge on any atom is 0.251 e. The van der Waals surface area contributed by atoms with Crippen LogP contribution in [-0.4, -0.2) is 24.2 Å². The van der Waals surface area contributed by atoms with Crippen LogP contribution in [0.1, 0.15) is 53.1 Å². The maximum absolute atomic E-state index is 12.4. The molecule has 3 aromatic carbocycles. The Morgan fingerprint density at radius 2 is 1.82 bits per heavy atom. The van der Waals surface area contributed by atoms with Gasteiger partial charge in [0, 0.05) is 17.1 Å². The van der Waals surface area contributed by atoms with E-state index in [1.807, 2.05) is 48.5 Å². The maximum atomic E-state index is 12.4. The SMILES string of the molecule is O=C(NCCO)c1ccc(COc2ccc(C3[CH]CCCC3)cc2)c(-c2ccc(Cl)cc2)c1. The molecule has 4 nitrogen and oxygen atoms in total. The smallest absolute Gasteiger partial charge is 0.251 e. The third-order valence-corrected chi connectivity index (χ3v) is 6.30. The lowest BCUT2D eigenvalue weighted by molar-refractivity contribution is 0.0944. The number of carbonyl (C=O) groups is 1. The minimum Gasteiger partial charge on any atom is -0.489 e. The highest BCUT2D eigenvalue weighted by atomic mass is 35.5. The number of nitrogens with one attached hydrogen (secondary N) is 1. The fourth-order valence-corrected chi connectivity index (χ4v) is 4.36. The highest BCUT2D eigenvalue weighted by molar-refractivity contribution is 6.30. The van der Waals surface area contributed by atoms with Crippen molar-refractivity contribution in [3.63, 3.8) is 0 Å². The molecule has 33 heavy (non-hydrogen) atoms. The average molecular weight is 463 g/mol. The van der Waals surface area contributed by atoms with E-state index in [4.69, 9.17) is 21.4 Å². The van der Waals surface area contributed by atoms with Gasteiger partial charge in [-0.05, 0) is 83.8 Å². The molecule has 1 saturated carbocycles. The Balaban J connectivity index is 1.52. The molecule has 1 aliphatic rings. The Kier molecular flexibility index (Phi) is 8.03. The Bertz CT molecular complexity index is 1060. The van der Waals surface area contributed by atoms with Gasteiger partial charge < -0.3 is 15.2 Å². The zero-order valence-electron chi connectivity index (χ0n) is 18.6. The largest absolute Gasteiger partial charge is 0.489 e. The average Bonchev–Trinajstić information content (AvgIpc) is 2.87. The Morgan fingerprint density at radius 1 is 1.03 bits per heavy atom. The second kappa shape index (κ2) is 11.4. The molecule has 0 aromatic heterocycles. The summed E-state index contributed by atoms with van der Waals surface area (Å²) in [5.41, 5.74) is 4.72. The lowest BCUT2D eigenvalue weighted by atomic mass is 9.84. The van der Waals surface area contributed by atoms with Crippen molar-refractivity contribution in [1.82, 2.24) is 5.32 Å². The van der Waals surface area contributed by atoms with Crippen molar-refractivity contribution in [2.45, 2.75) is 38.2 Å². The van der Waals surface area contributed by atoms with Crippen molar-refractivity contribution in [2.24, 2.45) is 0 Å². The number of rotatable bonds is 8. The van der Waals surface area contributed by atoms with Crippen LogP contribution in [0.25, 0.3) is 11.1 Å². The summed E-state index contributed by atoms with van der Waals surface area (Å²) in [4.78, 5) is 12.4. The first kappa shape index (κ1) is 23.3. The van der Waals surface area contributed by atoms with Crippen molar-refractivity contribution in [3.05, 3.63) is 94.9 Å². The van der Waals surface area contributed by atoms with E-state index in [2.05, 4.69) is 23.9 Å². The number of hydrogen-bond donors (Lipinski definition) is 2. The second-order valence-corrected chi connectivity index (χ2v) is 8.78. The number of hydrogen-bond acceptors (Lipinski definition) is 3. The summed E-state index contributed by atoms with van der Waals surface area (Å²) in [5, 5.41) is 12.3. The monoisotopic (exact) mass is 462 g/mol. The van der Waals surface area contributed by atoms with E-state index < -0.39 is 0 Å². The van der Waals surface area contributed by atoms with Gasteiger partial charge >= 0.3 is 0 Å². The van der Waals surface area contributed by atoms with Crippen molar-refractivity contribution >= 4 is 17.5 Å². The van der Waals surface area contributed by atoms with E-state index in [0.717, 1.165) is 22.4 Å². The minimum atomic E-state index is -0.221. The molecule has 0 aliphatic heterocycles. The number of amides is 1. The molecular formula is C28H29ClNO3. The molecule has 4 rings (SSSR count). The van der Waals surface area contributed by atoms with Crippen LogP contribution in [0.4, 0.5) is 0 Å². The molecule has 1 amide bonds. The van der Waals surface area contributed by atoms with Crippen molar-refractivity contribution in [1.29, 1.82) is 0 Å². The Hall–Kier alpha value is -2.82. The quantitative estimate of drug-likeness (QED) is 0.421. The van der Waals surface area contributed by atoms with E-state index in [1.165, 1.54) is 31.2 Å². The molecule has 1 unspecified atom stereocenters. The topological polar surface area (TPSA) is 58.6 Å². The predicted octanol–water partition coefficient (Wildman–Crippen LogP) is 6.17. The standard InChI is InChI=1S/C28H29ClNO3/c29-25-12-8-22(9-13-25)27-18-23(28(32)30-16-17-31)6-7-24(27)19-33-26-14-10-21(11-15-26)20-4-2-1-3-5-20/h4,6-15,18,20,31H,1-3,5,16-17,19H2,(H,30,32). The molecule has 1 fully saturated rings. The molecule has 2 N–H and O–H groups in total. The van der Waals surface area contributed by atoms with Gasteiger partial charge in [0.1, 0.15) is 12.4 Å². The van der Waals surface area contributed by atoms with Gasteiger partial charge in [-0.3, -0.25) is 4.79 Å². The van der Waals surface area contributed by atoms with Gasteiger partial charge in [-0.1, -0.05) is 54.8 Å². The molecule has 5 heteroatoms. The van der Waals surface area contributed by atoms with Crippen LogP contribution in [-0.2, 0) is 6.61 Å². The molecule has 1 atom stereocenters. The summed E-state index contributed by atoms with van der Waals surface area (Å²) in [6.45, 7) is 0.499. The molecule has 0 saturated heterocycles. The molecule has 1 radical (unpaired) electrons. The third-order valence-electron chi connectivity index (χ3n) is 6.05. The zero-order chi connectivity index (χ0) is 23.0. The first-order valence-electron chi connectivity index (χ1n) is 11.5.